The van der Waals surface area contributed by atoms with Gasteiger partial charge in [0.15, 0.2) is 5.13 Å². The number of nitrogens with one attached hydrogen (secondary N) is 1. The van der Waals surface area contributed by atoms with E-state index in [0.717, 1.165) is 16.9 Å². The zero-order valence-electron chi connectivity index (χ0n) is 9.29. The lowest BCUT2D eigenvalue weighted by Crippen LogP contribution is -2.14. The molecule has 2 rings (SSSR count). The Morgan fingerprint density at radius 2 is 2.06 bits per heavy atom. The molecular formula is C11H10N4O2S. The number of primary amides is 1. The monoisotopic (exact) mass is 262 g/mol. The predicted molar refractivity (Wildman–Crippen MR) is 67.2 cm³/mol. The molecule has 0 unspecified atom stereocenters. The van der Waals surface area contributed by atoms with Crippen molar-refractivity contribution in [3.63, 3.8) is 0 Å². The van der Waals surface area contributed by atoms with Crippen LogP contribution in [0.25, 0.3) is 0 Å². The summed E-state index contributed by atoms with van der Waals surface area (Å²) in [6.07, 6.45) is 4.82. The van der Waals surface area contributed by atoms with E-state index in [9.17, 15) is 9.59 Å². The lowest BCUT2D eigenvalue weighted by molar-refractivity contribution is -0.115. The molecule has 0 atom stereocenters. The van der Waals surface area contributed by atoms with E-state index in [4.69, 9.17) is 5.73 Å². The van der Waals surface area contributed by atoms with Crippen molar-refractivity contribution in [1.82, 2.24) is 9.97 Å². The van der Waals surface area contributed by atoms with Crippen molar-refractivity contribution < 1.29 is 9.59 Å². The Labute approximate surface area is 107 Å². The number of thiazole rings is 1. The summed E-state index contributed by atoms with van der Waals surface area (Å²) in [5.41, 5.74) is 5.95. The van der Waals surface area contributed by atoms with Crippen LogP contribution in [0.5, 0.6) is 0 Å². The number of carbonyl (C=O) groups is 2. The van der Waals surface area contributed by atoms with E-state index in [1.54, 1.807) is 24.5 Å². The van der Waals surface area contributed by atoms with Crippen molar-refractivity contribution in [2.75, 3.05) is 5.32 Å². The van der Waals surface area contributed by atoms with Gasteiger partial charge in [-0.05, 0) is 17.7 Å². The third kappa shape index (κ3) is 3.11. The average molecular weight is 262 g/mol. The number of rotatable bonds is 4. The van der Waals surface area contributed by atoms with Crippen LogP contribution < -0.4 is 11.1 Å². The van der Waals surface area contributed by atoms with Gasteiger partial charge in [-0.2, -0.15) is 0 Å². The van der Waals surface area contributed by atoms with E-state index in [2.05, 4.69) is 15.3 Å². The molecule has 2 heterocycles. The van der Waals surface area contributed by atoms with Crippen molar-refractivity contribution >= 4 is 28.3 Å². The predicted octanol–water partition coefficient (Wildman–Crippen LogP) is 0.818. The standard InChI is InChI=1S/C11H10N4O2S/c12-10(17)8-6-14-11(18-8)15-9(16)5-7-1-3-13-4-2-7/h1-4,6H,5H2,(H2,12,17)(H,14,15,16). The highest BCUT2D eigenvalue weighted by Gasteiger charge is 2.09. The normalized spacial score (nSPS) is 10.0. The SMILES string of the molecule is NC(=O)c1cnc(NC(=O)Cc2ccncc2)s1. The van der Waals surface area contributed by atoms with Crippen LogP contribution in [0.15, 0.2) is 30.7 Å². The Morgan fingerprint density at radius 3 is 2.67 bits per heavy atom. The molecule has 3 N–H and O–H groups in total. The van der Waals surface area contributed by atoms with Gasteiger partial charge in [0.25, 0.3) is 5.91 Å². The highest BCUT2D eigenvalue weighted by Crippen LogP contribution is 2.17. The van der Waals surface area contributed by atoms with Gasteiger partial charge in [-0.1, -0.05) is 11.3 Å². The van der Waals surface area contributed by atoms with Crippen LogP contribution in [-0.4, -0.2) is 21.8 Å². The average Bonchev–Trinajstić information content (AvgIpc) is 2.78. The molecule has 18 heavy (non-hydrogen) atoms. The molecule has 7 heteroatoms. The number of nitrogens with zero attached hydrogens (tertiary/aromatic N) is 2. The van der Waals surface area contributed by atoms with Gasteiger partial charge < -0.3 is 11.1 Å². The molecule has 92 valence electrons. The summed E-state index contributed by atoms with van der Waals surface area (Å²) in [7, 11) is 0. The maximum Gasteiger partial charge on any atom is 0.260 e. The van der Waals surface area contributed by atoms with Crippen LogP contribution in [0.3, 0.4) is 0 Å². The summed E-state index contributed by atoms with van der Waals surface area (Å²) in [5.74, 6) is -0.756. The van der Waals surface area contributed by atoms with Gasteiger partial charge in [0.2, 0.25) is 5.91 Å². The van der Waals surface area contributed by atoms with Gasteiger partial charge in [-0.3, -0.25) is 14.6 Å². The van der Waals surface area contributed by atoms with E-state index >= 15 is 0 Å². The molecule has 0 radical (unpaired) electrons. The number of nitrogens with two attached hydrogens (primary N) is 1. The smallest absolute Gasteiger partial charge is 0.260 e. The number of pyridine rings is 1. The second kappa shape index (κ2) is 5.37. The molecule has 2 aromatic heterocycles. The molecule has 2 amide bonds. The van der Waals surface area contributed by atoms with Crippen LogP contribution in [0.2, 0.25) is 0 Å². The van der Waals surface area contributed by atoms with Crippen LogP contribution in [-0.2, 0) is 11.2 Å². The van der Waals surface area contributed by atoms with Crippen molar-refractivity contribution in [3.8, 4) is 0 Å². The molecule has 0 aliphatic carbocycles. The van der Waals surface area contributed by atoms with Gasteiger partial charge in [-0.15, -0.1) is 0 Å². The first-order chi connectivity index (χ1) is 8.65. The van der Waals surface area contributed by atoms with Gasteiger partial charge in [-0.25, -0.2) is 4.98 Å². The summed E-state index contributed by atoms with van der Waals surface area (Å²) in [4.78, 5) is 30.6. The fraction of sp³-hybridized carbons (Fsp3) is 0.0909. The molecule has 0 saturated carbocycles. The Kier molecular flexibility index (Phi) is 3.63. The van der Waals surface area contributed by atoms with Gasteiger partial charge in [0.05, 0.1) is 12.6 Å². The summed E-state index contributed by atoms with van der Waals surface area (Å²) < 4.78 is 0. The fourth-order valence-electron chi connectivity index (χ4n) is 1.30. The van der Waals surface area contributed by atoms with E-state index in [-0.39, 0.29) is 12.3 Å². The molecule has 0 bridgehead atoms. The van der Waals surface area contributed by atoms with E-state index in [1.165, 1.54) is 6.20 Å². The largest absolute Gasteiger partial charge is 0.365 e. The van der Waals surface area contributed by atoms with E-state index in [0.29, 0.717) is 10.0 Å². The molecule has 0 saturated heterocycles. The minimum absolute atomic E-state index is 0.202. The summed E-state index contributed by atoms with van der Waals surface area (Å²) in [5, 5.41) is 2.97. The second-order valence-electron chi connectivity index (χ2n) is 3.47. The van der Waals surface area contributed by atoms with E-state index < -0.39 is 5.91 Å². The minimum atomic E-state index is -0.554. The summed E-state index contributed by atoms with van der Waals surface area (Å²) in [6, 6.07) is 3.52. The van der Waals surface area contributed by atoms with Crippen molar-refractivity contribution in [1.29, 1.82) is 0 Å². The maximum atomic E-state index is 11.7. The first-order valence-corrected chi connectivity index (χ1v) is 5.91. The first kappa shape index (κ1) is 12.2. The van der Waals surface area contributed by atoms with Crippen LogP contribution in [0.1, 0.15) is 15.2 Å². The lowest BCUT2D eigenvalue weighted by atomic mass is 10.2. The number of anilines is 1. The highest BCUT2D eigenvalue weighted by molar-refractivity contribution is 7.17. The van der Waals surface area contributed by atoms with Crippen molar-refractivity contribution in [2.45, 2.75) is 6.42 Å². The van der Waals surface area contributed by atoms with Gasteiger partial charge >= 0.3 is 0 Å². The number of aromatic nitrogens is 2. The lowest BCUT2D eigenvalue weighted by Gasteiger charge is -2.00. The Balaban J connectivity index is 1.97. The summed E-state index contributed by atoms with van der Waals surface area (Å²) >= 11 is 1.05. The highest BCUT2D eigenvalue weighted by atomic mass is 32.1. The summed E-state index contributed by atoms with van der Waals surface area (Å²) in [6.45, 7) is 0. The quantitative estimate of drug-likeness (QED) is 0.852. The Morgan fingerprint density at radius 1 is 1.33 bits per heavy atom. The number of hydrogen-bond acceptors (Lipinski definition) is 5. The van der Waals surface area contributed by atoms with Crippen molar-refractivity contribution in [3.05, 3.63) is 41.2 Å². The zero-order chi connectivity index (χ0) is 13.0. The van der Waals surface area contributed by atoms with E-state index in [1.807, 2.05) is 0 Å². The molecule has 0 aromatic carbocycles. The first-order valence-electron chi connectivity index (χ1n) is 5.09. The zero-order valence-corrected chi connectivity index (χ0v) is 10.1. The third-order valence-corrected chi connectivity index (χ3v) is 3.04. The van der Waals surface area contributed by atoms with Crippen molar-refractivity contribution in [2.24, 2.45) is 5.73 Å². The molecule has 0 aliphatic rings. The van der Waals surface area contributed by atoms with Gasteiger partial charge in [0.1, 0.15) is 4.88 Å². The molecule has 6 nitrogen and oxygen atoms in total. The topological polar surface area (TPSA) is 98.0 Å². The minimum Gasteiger partial charge on any atom is -0.365 e. The fourth-order valence-corrected chi connectivity index (χ4v) is 1.98. The third-order valence-electron chi connectivity index (χ3n) is 2.11. The van der Waals surface area contributed by atoms with Crippen LogP contribution >= 0.6 is 11.3 Å². The molecular weight excluding hydrogens is 252 g/mol. The molecule has 2 aromatic rings. The maximum absolute atomic E-state index is 11.7. The number of hydrogen-bond donors (Lipinski definition) is 2. The second-order valence-corrected chi connectivity index (χ2v) is 4.50. The number of carbonyl (C=O) groups excluding carboxylic acids is 2. The van der Waals surface area contributed by atoms with Gasteiger partial charge in [0, 0.05) is 12.4 Å². The Bertz CT molecular complexity index is 567. The molecule has 0 fully saturated rings. The molecule has 0 aliphatic heterocycles. The van der Waals surface area contributed by atoms with Crippen LogP contribution in [0, 0.1) is 0 Å². The Hall–Kier alpha value is -2.28. The number of amides is 2. The molecule has 0 spiro atoms. The van der Waals surface area contributed by atoms with Crippen LogP contribution in [0.4, 0.5) is 5.13 Å².